The smallest absolute Gasteiger partial charge is 0.242 e. The first-order valence-corrected chi connectivity index (χ1v) is 11.9. The Morgan fingerprint density at radius 2 is 1.93 bits per heavy atom. The number of pyridine rings is 1. The van der Waals surface area contributed by atoms with Crippen molar-refractivity contribution in [3.8, 4) is 17.5 Å². The summed E-state index contributed by atoms with van der Waals surface area (Å²) in [4.78, 5) is 4.60. The van der Waals surface area contributed by atoms with Crippen LogP contribution in [0.2, 0.25) is 0 Å². The predicted octanol–water partition coefficient (Wildman–Crippen LogP) is 4.47. The van der Waals surface area contributed by atoms with Crippen LogP contribution >= 0.6 is 0 Å². The Bertz CT molecular complexity index is 1280. The van der Waals surface area contributed by atoms with Crippen LogP contribution in [0.4, 0.5) is 0 Å². The Morgan fingerprint density at radius 3 is 2.50 bits per heavy atom. The lowest BCUT2D eigenvalue weighted by molar-refractivity contribution is 0.569. The van der Waals surface area contributed by atoms with Gasteiger partial charge in [-0.05, 0) is 69.2 Å². The molecular formula is C23H24N4O2S. The molecule has 5 rings (SSSR count). The van der Waals surface area contributed by atoms with Crippen LogP contribution in [0.1, 0.15) is 62.6 Å². The van der Waals surface area contributed by atoms with Crippen molar-refractivity contribution in [1.29, 1.82) is 5.26 Å². The minimum absolute atomic E-state index is 0.128. The van der Waals surface area contributed by atoms with Gasteiger partial charge in [0.05, 0.1) is 22.5 Å². The van der Waals surface area contributed by atoms with Gasteiger partial charge in [0, 0.05) is 23.7 Å². The van der Waals surface area contributed by atoms with Gasteiger partial charge in [-0.1, -0.05) is 12.1 Å². The number of nitrogens with one attached hydrogen (secondary N) is 1. The maximum absolute atomic E-state index is 12.4. The van der Waals surface area contributed by atoms with Gasteiger partial charge in [0.15, 0.2) is 0 Å². The molecule has 30 heavy (non-hydrogen) atoms. The lowest BCUT2D eigenvalue weighted by Crippen LogP contribution is -2.30. The van der Waals surface area contributed by atoms with Crippen molar-refractivity contribution in [2.75, 3.05) is 0 Å². The molecule has 2 aliphatic carbocycles. The van der Waals surface area contributed by atoms with E-state index in [4.69, 9.17) is 0 Å². The summed E-state index contributed by atoms with van der Waals surface area (Å²) in [5, 5.41) is 10.9. The first-order valence-electron chi connectivity index (χ1n) is 10.5. The molecule has 2 aromatic heterocycles. The van der Waals surface area contributed by atoms with Crippen molar-refractivity contribution in [2.24, 2.45) is 0 Å². The summed E-state index contributed by atoms with van der Waals surface area (Å²) in [6, 6.07) is 12.3. The Hall–Kier alpha value is -2.69. The molecule has 7 heteroatoms. The normalized spacial score (nSPS) is 16.9. The number of sulfonamides is 1. The van der Waals surface area contributed by atoms with Crippen LogP contribution in [0.15, 0.2) is 41.4 Å². The van der Waals surface area contributed by atoms with Gasteiger partial charge in [-0.2, -0.15) is 5.26 Å². The number of hydrogen-bond acceptors (Lipinski definition) is 4. The third-order valence-corrected chi connectivity index (χ3v) is 7.42. The molecule has 6 nitrogen and oxygen atoms in total. The van der Waals surface area contributed by atoms with Gasteiger partial charge in [-0.25, -0.2) is 13.1 Å². The minimum Gasteiger partial charge on any atom is -0.335 e. The maximum atomic E-state index is 12.4. The van der Waals surface area contributed by atoms with E-state index in [0.717, 1.165) is 29.4 Å². The number of nitriles is 1. The highest BCUT2D eigenvalue weighted by Crippen LogP contribution is 2.46. The SMILES string of the molecule is CC(C)NS(=O)(=O)c1ccc(-c2c(C#N)c3ccc(C4CC4)cc3n2C2CC2)nc1. The number of benzene rings is 1. The van der Waals surface area contributed by atoms with Crippen molar-refractivity contribution in [1.82, 2.24) is 14.3 Å². The van der Waals surface area contributed by atoms with Gasteiger partial charge in [0.25, 0.3) is 0 Å². The number of rotatable bonds is 6. The summed E-state index contributed by atoms with van der Waals surface area (Å²) in [5.74, 6) is 0.641. The molecule has 2 saturated carbocycles. The van der Waals surface area contributed by atoms with Gasteiger partial charge >= 0.3 is 0 Å². The largest absolute Gasteiger partial charge is 0.335 e. The van der Waals surface area contributed by atoms with Crippen LogP contribution in [0, 0.1) is 11.3 Å². The Morgan fingerprint density at radius 1 is 1.17 bits per heavy atom. The van der Waals surface area contributed by atoms with Gasteiger partial charge in [0.2, 0.25) is 10.0 Å². The molecule has 0 radical (unpaired) electrons. The predicted molar refractivity (Wildman–Crippen MR) is 116 cm³/mol. The van der Waals surface area contributed by atoms with E-state index in [1.165, 1.54) is 24.6 Å². The highest BCUT2D eigenvalue weighted by molar-refractivity contribution is 7.89. The third-order valence-electron chi connectivity index (χ3n) is 5.78. The van der Waals surface area contributed by atoms with Gasteiger partial charge < -0.3 is 4.57 Å². The van der Waals surface area contributed by atoms with Gasteiger partial charge in [0.1, 0.15) is 11.0 Å². The van der Waals surface area contributed by atoms with Gasteiger partial charge in [-0.15, -0.1) is 0 Å². The summed E-state index contributed by atoms with van der Waals surface area (Å²) in [6.07, 6.45) is 6.01. The molecule has 1 aromatic carbocycles. The maximum Gasteiger partial charge on any atom is 0.242 e. The first-order chi connectivity index (χ1) is 14.4. The van der Waals surface area contributed by atoms with Crippen molar-refractivity contribution < 1.29 is 8.42 Å². The number of aromatic nitrogens is 2. The second-order valence-corrected chi connectivity index (χ2v) is 10.4. The van der Waals surface area contributed by atoms with E-state index >= 15 is 0 Å². The fraction of sp³-hybridized carbons (Fsp3) is 0.391. The fourth-order valence-electron chi connectivity index (χ4n) is 4.13. The Balaban J connectivity index is 1.65. The van der Waals surface area contributed by atoms with E-state index in [1.807, 2.05) is 0 Å². The molecule has 0 aliphatic heterocycles. The highest BCUT2D eigenvalue weighted by Gasteiger charge is 2.32. The van der Waals surface area contributed by atoms with E-state index in [2.05, 4.69) is 38.5 Å². The van der Waals surface area contributed by atoms with Crippen molar-refractivity contribution in [3.05, 3.63) is 47.7 Å². The molecule has 154 valence electrons. The van der Waals surface area contributed by atoms with Crippen LogP contribution in [0.5, 0.6) is 0 Å². The van der Waals surface area contributed by atoms with Crippen molar-refractivity contribution >= 4 is 20.9 Å². The zero-order chi connectivity index (χ0) is 21.0. The molecule has 3 aromatic rings. The first kappa shape index (κ1) is 19.3. The summed E-state index contributed by atoms with van der Waals surface area (Å²) < 4.78 is 29.7. The molecule has 0 atom stereocenters. The molecule has 2 aliphatic rings. The zero-order valence-electron chi connectivity index (χ0n) is 17.1. The molecule has 0 spiro atoms. The summed E-state index contributed by atoms with van der Waals surface area (Å²) in [6.45, 7) is 3.56. The monoisotopic (exact) mass is 420 g/mol. The van der Waals surface area contributed by atoms with Crippen LogP contribution in [-0.2, 0) is 10.0 Å². The Kier molecular flexibility index (Phi) is 4.46. The summed E-state index contributed by atoms with van der Waals surface area (Å²) in [5.41, 5.74) is 4.47. The topological polar surface area (TPSA) is 87.8 Å². The van der Waals surface area contributed by atoms with E-state index in [9.17, 15) is 13.7 Å². The van der Waals surface area contributed by atoms with Crippen LogP contribution < -0.4 is 4.72 Å². The van der Waals surface area contributed by atoms with Crippen molar-refractivity contribution in [3.63, 3.8) is 0 Å². The standard InChI is InChI=1S/C23H24N4O2S/c1-14(2)26-30(28,29)18-8-10-21(25-13-18)23-20(12-24)19-9-5-16(15-3-4-15)11-22(19)27(23)17-6-7-17/h5,8-11,13-15,17,26H,3-4,6-7H2,1-2H3. The summed E-state index contributed by atoms with van der Waals surface area (Å²) in [7, 11) is -3.61. The van der Waals surface area contributed by atoms with Crippen LogP contribution in [-0.4, -0.2) is 24.0 Å². The third kappa shape index (κ3) is 3.30. The van der Waals surface area contributed by atoms with E-state index in [0.29, 0.717) is 23.2 Å². The average molecular weight is 421 g/mol. The van der Waals surface area contributed by atoms with E-state index in [-0.39, 0.29) is 10.9 Å². The molecule has 0 amide bonds. The van der Waals surface area contributed by atoms with Crippen LogP contribution in [0.25, 0.3) is 22.3 Å². The second-order valence-electron chi connectivity index (χ2n) is 8.64. The average Bonchev–Trinajstić information content (AvgIpc) is 3.62. The summed E-state index contributed by atoms with van der Waals surface area (Å²) >= 11 is 0. The molecule has 1 N–H and O–H groups in total. The molecule has 0 bridgehead atoms. The van der Waals surface area contributed by atoms with Gasteiger partial charge in [-0.3, -0.25) is 4.98 Å². The quantitative estimate of drug-likeness (QED) is 0.637. The lowest BCUT2D eigenvalue weighted by Gasteiger charge is -2.12. The number of fused-ring (bicyclic) bond motifs is 1. The second kappa shape index (κ2) is 6.93. The van der Waals surface area contributed by atoms with Crippen LogP contribution in [0.3, 0.4) is 0 Å². The highest BCUT2D eigenvalue weighted by atomic mass is 32.2. The molecule has 0 unspecified atom stereocenters. The fourth-order valence-corrected chi connectivity index (χ4v) is 5.33. The molecule has 0 saturated heterocycles. The Labute approximate surface area is 176 Å². The molecular weight excluding hydrogens is 396 g/mol. The number of nitrogens with zero attached hydrogens (tertiary/aromatic N) is 3. The molecule has 2 heterocycles. The minimum atomic E-state index is -3.61. The van der Waals surface area contributed by atoms with Crippen molar-refractivity contribution in [2.45, 2.75) is 62.4 Å². The van der Waals surface area contributed by atoms with E-state index in [1.54, 1.807) is 26.0 Å². The zero-order valence-corrected chi connectivity index (χ0v) is 17.9. The number of hydrogen-bond donors (Lipinski definition) is 1. The lowest BCUT2D eigenvalue weighted by atomic mass is 10.1. The van der Waals surface area contributed by atoms with E-state index < -0.39 is 10.0 Å². The molecule has 2 fully saturated rings.